The number of aliphatic hydroxyl groups excluding tert-OH is 1. The summed E-state index contributed by atoms with van der Waals surface area (Å²) >= 11 is 0. The van der Waals surface area contributed by atoms with Crippen molar-refractivity contribution in [2.75, 3.05) is 12.4 Å². The molecule has 10 heteroatoms. The first kappa shape index (κ1) is 23.4. The number of hydrogen-bond donors (Lipinski definition) is 3. The highest BCUT2D eigenvalue weighted by Gasteiger charge is 2.33. The normalized spacial score (nSPS) is 18.2. The number of carbonyl (C=O) groups excluding carboxylic acids is 3. The maximum absolute atomic E-state index is 13.5. The Labute approximate surface area is 183 Å². The summed E-state index contributed by atoms with van der Waals surface area (Å²) < 4.78 is 33.3. The van der Waals surface area contributed by atoms with Gasteiger partial charge in [0.05, 0.1) is 13.2 Å². The third-order valence-electron chi connectivity index (χ3n) is 5.70. The van der Waals surface area contributed by atoms with Crippen molar-refractivity contribution in [2.45, 2.75) is 44.8 Å². The number of amides is 2. The molecule has 1 fully saturated rings. The van der Waals surface area contributed by atoms with E-state index in [1.165, 1.54) is 24.8 Å². The van der Waals surface area contributed by atoms with Crippen LogP contribution in [-0.2, 0) is 11.8 Å². The first-order valence-electron chi connectivity index (χ1n) is 10.2. The van der Waals surface area contributed by atoms with Crippen LogP contribution in [0.1, 0.15) is 52.2 Å². The summed E-state index contributed by atoms with van der Waals surface area (Å²) in [5, 5.41) is 14.7. The number of ether oxygens (including phenoxy) is 1. The van der Waals surface area contributed by atoms with Crippen LogP contribution in [0.3, 0.4) is 0 Å². The van der Waals surface area contributed by atoms with Crippen molar-refractivity contribution < 1.29 is 33.0 Å². The van der Waals surface area contributed by atoms with Crippen LogP contribution in [-0.4, -0.2) is 46.5 Å². The Morgan fingerprint density at radius 2 is 1.78 bits per heavy atom. The van der Waals surface area contributed by atoms with Crippen LogP contribution in [0.2, 0.25) is 0 Å². The van der Waals surface area contributed by atoms with Crippen molar-refractivity contribution in [1.82, 2.24) is 9.88 Å². The van der Waals surface area contributed by atoms with E-state index in [-0.39, 0.29) is 28.7 Å². The van der Waals surface area contributed by atoms with Gasteiger partial charge in [-0.25, -0.2) is 8.78 Å². The number of aromatic nitrogens is 1. The first-order valence-corrected chi connectivity index (χ1v) is 10.2. The van der Waals surface area contributed by atoms with Gasteiger partial charge in [-0.05, 0) is 44.7 Å². The molecule has 1 heterocycles. The molecule has 1 aliphatic rings. The molecule has 32 heavy (non-hydrogen) atoms. The first-order chi connectivity index (χ1) is 15.1. The molecule has 172 valence electrons. The summed E-state index contributed by atoms with van der Waals surface area (Å²) in [4.78, 5) is 38.4. The van der Waals surface area contributed by atoms with Gasteiger partial charge in [-0.15, -0.1) is 0 Å². The zero-order valence-electron chi connectivity index (χ0n) is 18.0. The molecule has 1 aromatic carbocycles. The number of ketones is 1. The third-order valence-corrected chi connectivity index (χ3v) is 5.70. The molecule has 3 N–H and O–H groups in total. The van der Waals surface area contributed by atoms with E-state index >= 15 is 0 Å². The second kappa shape index (κ2) is 9.47. The highest BCUT2D eigenvalue weighted by Crippen LogP contribution is 2.31. The summed E-state index contributed by atoms with van der Waals surface area (Å²) in [5.41, 5.74) is 0.258. The number of hydrogen-bond acceptors (Lipinski definition) is 5. The van der Waals surface area contributed by atoms with Gasteiger partial charge >= 0.3 is 0 Å². The van der Waals surface area contributed by atoms with Crippen molar-refractivity contribution in [3.63, 3.8) is 0 Å². The highest BCUT2D eigenvalue weighted by atomic mass is 19.2. The SMILES string of the molecule is COc1c(C(=O)Nc2ccc(F)c(F)c2)c(C)n(C)c1C(=O)C(=O)NC1CCC(O)CC1. The van der Waals surface area contributed by atoms with Crippen LogP contribution in [0, 0.1) is 18.6 Å². The molecule has 2 aromatic rings. The third kappa shape index (κ3) is 4.64. The quantitative estimate of drug-likeness (QED) is 0.464. The number of methoxy groups -OCH3 is 1. The molecule has 1 saturated carbocycles. The molecule has 0 aliphatic heterocycles. The lowest BCUT2D eigenvalue weighted by Crippen LogP contribution is -2.42. The van der Waals surface area contributed by atoms with Gasteiger partial charge in [0.2, 0.25) is 0 Å². The topological polar surface area (TPSA) is 110 Å². The summed E-state index contributed by atoms with van der Waals surface area (Å²) in [7, 11) is 2.78. The number of anilines is 1. The maximum atomic E-state index is 13.5. The molecule has 1 aliphatic carbocycles. The predicted octanol–water partition coefficient (Wildman–Crippen LogP) is 2.48. The molecule has 0 radical (unpaired) electrons. The molecule has 0 unspecified atom stereocenters. The Kier molecular flexibility index (Phi) is 6.93. The van der Waals surface area contributed by atoms with Gasteiger partial charge in [0.15, 0.2) is 17.4 Å². The Hall–Kier alpha value is -3.27. The van der Waals surface area contributed by atoms with Gasteiger partial charge in [-0.3, -0.25) is 14.4 Å². The molecular weight excluding hydrogens is 424 g/mol. The van der Waals surface area contributed by atoms with Crippen molar-refractivity contribution in [3.8, 4) is 5.75 Å². The minimum Gasteiger partial charge on any atom is -0.493 e. The van der Waals surface area contributed by atoms with Gasteiger partial charge < -0.3 is 25.0 Å². The fraction of sp³-hybridized carbons (Fsp3) is 0.409. The summed E-state index contributed by atoms with van der Waals surface area (Å²) in [6, 6.07) is 2.68. The van der Waals surface area contributed by atoms with E-state index < -0.39 is 35.3 Å². The predicted molar refractivity (Wildman–Crippen MR) is 112 cm³/mol. The number of nitrogens with zero attached hydrogens (tertiary/aromatic N) is 1. The fourth-order valence-electron chi connectivity index (χ4n) is 3.84. The largest absolute Gasteiger partial charge is 0.493 e. The summed E-state index contributed by atoms with van der Waals surface area (Å²) in [6.45, 7) is 1.57. The number of nitrogens with one attached hydrogen (secondary N) is 2. The summed E-state index contributed by atoms with van der Waals surface area (Å²) in [6.07, 6.45) is 1.81. The van der Waals surface area contributed by atoms with Crippen LogP contribution in [0.25, 0.3) is 0 Å². The van der Waals surface area contributed by atoms with E-state index in [1.54, 1.807) is 6.92 Å². The van der Waals surface area contributed by atoms with E-state index in [4.69, 9.17) is 4.74 Å². The molecule has 2 amide bonds. The molecule has 0 atom stereocenters. The Bertz CT molecular complexity index is 1060. The lowest BCUT2D eigenvalue weighted by molar-refractivity contribution is -0.118. The lowest BCUT2D eigenvalue weighted by Gasteiger charge is -2.25. The monoisotopic (exact) mass is 449 g/mol. The summed E-state index contributed by atoms with van der Waals surface area (Å²) in [5.74, 6) is -4.68. The van der Waals surface area contributed by atoms with Crippen LogP contribution in [0.4, 0.5) is 14.5 Å². The van der Waals surface area contributed by atoms with E-state index in [1.807, 2.05) is 0 Å². The molecule has 0 saturated heterocycles. The minimum absolute atomic E-state index is 0.00308. The van der Waals surface area contributed by atoms with Crippen LogP contribution in [0.5, 0.6) is 5.75 Å². The molecule has 3 rings (SSSR count). The second-order valence-corrected chi connectivity index (χ2v) is 7.79. The van der Waals surface area contributed by atoms with E-state index in [2.05, 4.69) is 10.6 Å². The lowest BCUT2D eigenvalue weighted by atomic mass is 9.93. The Balaban J connectivity index is 1.85. The molecule has 0 bridgehead atoms. The minimum atomic E-state index is -1.12. The van der Waals surface area contributed by atoms with Crippen molar-refractivity contribution >= 4 is 23.3 Å². The molecule has 1 aromatic heterocycles. The van der Waals surface area contributed by atoms with Crippen molar-refractivity contribution in [3.05, 3.63) is 46.8 Å². The van der Waals surface area contributed by atoms with Crippen LogP contribution in [0.15, 0.2) is 18.2 Å². The van der Waals surface area contributed by atoms with E-state index in [9.17, 15) is 28.3 Å². The number of benzene rings is 1. The van der Waals surface area contributed by atoms with Gasteiger partial charge in [-0.2, -0.15) is 0 Å². The fourth-order valence-corrected chi connectivity index (χ4v) is 3.84. The number of carbonyl (C=O) groups is 3. The zero-order chi connectivity index (χ0) is 23.6. The average molecular weight is 449 g/mol. The zero-order valence-corrected chi connectivity index (χ0v) is 18.0. The number of aliphatic hydroxyl groups is 1. The smallest absolute Gasteiger partial charge is 0.294 e. The van der Waals surface area contributed by atoms with Gasteiger partial charge in [0.1, 0.15) is 11.3 Å². The molecule has 0 spiro atoms. The molecule has 8 nitrogen and oxygen atoms in total. The Morgan fingerprint density at radius 3 is 2.38 bits per heavy atom. The number of rotatable bonds is 6. The van der Waals surface area contributed by atoms with E-state index in [0.29, 0.717) is 31.4 Å². The maximum Gasteiger partial charge on any atom is 0.294 e. The Morgan fingerprint density at radius 1 is 1.12 bits per heavy atom. The van der Waals surface area contributed by atoms with Gasteiger partial charge in [-0.1, -0.05) is 0 Å². The van der Waals surface area contributed by atoms with Crippen LogP contribution < -0.4 is 15.4 Å². The second-order valence-electron chi connectivity index (χ2n) is 7.79. The average Bonchev–Trinajstić information content (AvgIpc) is 3.01. The van der Waals surface area contributed by atoms with Crippen molar-refractivity contribution in [2.24, 2.45) is 7.05 Å². The number of Topliss-reactive ketones (excluding diaryl/α,β-unsaturated/α-hetero) is 1. The van der Waals surface area contributed by atoms with Crippen molar-refractivity contribution in [1.29, 1.82) is 0 Å². The van der Waals surface area contributed by atoms with E-state index in [0.717, 1.165) is 12.1 Å². The van der Waals surface area contributed by atoms with Crippen LogP contribution >= 0.6 is 0 Å². The number of halogens is 2. The van der Waals surface area contributed by atoms with Gasteiger partial charge in [0, 0.05) is 30.5 Å². The standard InChI is InChI=1S/C22H25F2N3O5/c1-11-17(21(30)26-13-6-9-15(23)16(24)10-13)20(32-3)18(27(11)2)19(29)22(31)25-12-4-7-14(28)8-5-12/h6,9-10,12,14,28H,4-5,7-8H2,1-3H3,(H,25,31)(H,26,30). The molecular formula is C22H25F2N3O5. The van der Waals surface area contributed by atoms with Gasteiger partial charge in [0.25, 0.3) is 17.6 Å². The highest BCUT2D eigenvalue weighted by molar-refractivity contribution is 6.43.